The normalized spacial score (nSPS) is 25.1. The molecule has 2 N–H and O–H groups in total. The molecule has 0 spiro atoms. The minimum absolute atomic E-state index is 0.376. The smallest absolute Gasteiger partial charge is 0.147 e. The van der Waals surface area contributed by atoms with Gasteiger partial charge in [-0.1, -0.05) is 30.3 Å². The molecule has 2 saturated heterocycles. The van der Waals surface area contributed by atoms with E-state index in [1.165, 1.54) is 29.4 Å². The molecule has 2 bridgehead atoms. The van der Waals surface area contributed by atoms with Gasteiger partial charge in [0.1, 0.15) is 10.8 Å². The molecule has 2 fully saturated rings. The fraction of sp³-hybridized carbons (Fsp3) is 0.400. The molecule has 0 saturated carbocycles. The van der Waals surface area contributed by atoms with E-state index in [1.54, 1.807) is 0 Å². The highest BCUT2D eigenvalue weighted by molar-refractivity contribution is 7.11. The number of benzene rings is 1. The van der Waals surface area contributed by atoms with Crippen LogP contribution in [0.2, 0.25) is 0 Å². The van der Waals surface area contributed by atoms with Crippen molar-refractivity contribution in [2.75, 3.05) is 23.7 Å². The number of ether oxygens (including phenoxy) is 1. The number of aromatic nitrogens is 1. The Hall–Kier alpha value is -1.59. The number of hydrogen-bond acceptors (Lipinski definition) is 5. The van der Waals surface area contributed by atoms with Crippen molar-refractivity contribution in [3.05, 3.63) is 30.3 Å². The van der Waals surface area contributed by atoms with Crippen LogP contribution in [0.4, 0.5) is 10.8 Å². The van der Waals surface area contributed by atoms with Crippen molar-refractivity contribution in [1.29, 1.82) is 0 Å². The standard InChI is InChI=1S/C15H17N3OS/c16-14-13(10-4-2-1-3-5-10)15(20-17-14)18-8-11-6-7-12(9-18)19-11/h1-5,11-12H,6-9H2,(H2,16,17). The lowest BCUT2D eigenvalue weighted by Gasteiger charge is -2.33. The van der Waals surface area contributed by atoms with Gasteiger partial charge in [-0.25, -0.2) is 0 Å². The lowest BCUT2D eigenvalue weighted by Crippen LogP contribution is -2.42. The van der Waals surface area contributed by atoms with Crippen molar-refractivity contribution in [3.63, 3.8) is 0 Å². The Bertz CT molecular complexity index is 601. The van der Waals surface area contributed by atoms with E-state index in [2.05, 4.69) is 21.4 Å². The van der Waals surface area contributed by atoms with Crippen molar-refractivity contribution in [3.8, 4) is 11.1 Å². The van der Waals surface area contributed by atoms with Gasteiger partial charge in [-0.2, -0.15) is 4.37 Å². The summed E-state index contributed by atoms with van der Waals surface area (Å²) < 4.78 is 10.3. The van der Waals surface area contributed by atoms with Crippen molar-refractivity contribution in [2.24, 2.45) is 0 Å². The summed E-state index contributed by atoms with van der Waals surface area (Å²) in [6, 6.07) is 10.3. The first-order valence-electron chi connectivity index (χ1n) is 7.02. The van der Waals surface area contributed by atoms with E-state index < -0.39 is 0 Å². The fourth-order valence-electron chi connectivity index (χ4n) is 3.17. The Morgan fingerprint density at radius 1 is 1.15 bits per heavy atom. The largest absolute Gasteiger partial charge is 0.382 e. The Balaban J connectivity index is 1.73. The Kier molecular flexibility index (Phi) is 2.89. The maximum atomic E-state index is 6.11. The van der Waals surface area contributed by atoms with Crippen molar-refractivity contribution >= 4 is 22.4 Å². The Morgan fingerprint density at radius 3 is 2.55 bits per heavy atom. The minimum atomic E-state index is 0.376. The molecule has 20 heavy (non-hydrogen) atoms. The van der Waals surface area contributed by atoms with Crippen LogP contribution in [0.5, 0.6) is 0 Å². The van der Waals surface area contributed by atoms with E-state index in [4.69, 9.17) is 10.5 Å². The number of nitrogens with zero attached hydrogens (tertiary/aromatic N) is 2. The number of nitrogens with two attached hydrogens (primary N) is 1. The molecule has 4 nitrogen and oxygen atoms in total. The predicted octanol–water partition coefficient (Wildman–Crippen LogP) is 2.76. The molecule has 2 aliphatic rings. The third kappa shape index (κ3) is 1.98. The van der Waals surface area contributed by atoms with Crippen molar-refractivity contribution < 1.29 is 4.74 Å². The van der Waals surface area contributed by atoms with E-state index in [0.29, 0.717) is 18.0 Å². The zero-order chi connectivity index (χ0) is 13.5. The molecule has 0 aliphatic carbocycles. The molecule has 5 heteroatoms. The topological polar surface area (TPSA) is 51.4 Å². The fourth-order valence-corrected chi connectivity index (χ4v) is 4.02. The van der Waals surface area contributed by atoms with Gasteiger partial charge in [-0.15, -0.1) is 0 Å². The van der Waals surface area contributed by atoms with Crippen LogP contribution in [0.1, 0.15) is 12.8 Å². The van der Waals surface area contributed by atoms with Gasteiger partial charge in [0.05, 0.1) is 17.8 Å². The van der Waals surface area contributed by atoms with E-state index in [9.17, 15) is 0 Å². The van der Waals surface area contributed by atoms with Crippen LogP contribution < -0.4 is 10.6 Å². The number of morpholine rings is 1. The Labute approximate surface area is 122 Å². The van der Waals surface area contributed by atoms with Gasteiger partial charge in [0.2, 0.25) is 0 Å². The summed E-state index contributed by atoms with van der Waals surface area (Å²) >= 11 is 1.50. The summed E-state index contributed by atoms with van der Waals surface area (Å²) in [6.45, 7) is 1.91. The SMILES string of the molecule is Nc1nsc(N2CC3CCC(C2)O3)c1-c1ccccc1. The monoisotopic (exact) mass is 287 g/mol. The van der Waals surface area contributed by atoms with Crippen LogP contribution in [-0.2, 0) is 4.74 Å². The number of rotatable bonds is 2. The van der Waals surface area contributed by atoms with Gasteiger partial charge in [0.15, 0.2) is 0 Å². The first kappa shape index (κ1) is 12.2. The third-order valence-corrected chi connectivity index (χ3v) is 5.02. The van der Waals surface area contributed by atoms with E-state index >= 15 is 0 Å². The molecule has 1 aromatic carbocycles. The molecule has 2 atom stereocenters. The molecule has 2 aliphatic heterocycles. The van der Waals surface area contributed by atoms with Gasteiger partial charge in [0.25, 0.3) is 0 Å². The lowest BCUT2D eigenvalue weighted by molar-refractivity contribution is 0.0307. The van der Waals surface area contributed by atoms with E-state index in [0.717, 1.165) is 24.2 Å². The summed E-state index contributed by atoms with van der Waals surface area (Å²) in [6.07, 6.45) is 3.10. The molecular weight excluding hydrogens is 270 g/mol. The highest BCUT2D eigenvalue weighted by atomic mass is 32.1. The molecule has 2 aromatic rings. The number of anilines is 2. The highest BCUT2D eigenvalue weighted by Crippen LogP contribution is 2.41. The summed E-state index contributed by atoms with van der Waals surface area (Å²) in [5.74, 6) is 0.634. The predicted molar refractivity (Wildman–Crippen MR) is 82.1 cm³/mol. The number of hydrogen-bond donors (Lipinski definition) is 1. The van der Waals surface area contributed by atoms with Crippen LogP contribution >= 0.6 is 11.5 Å². The second-order valence-corrected chi connectivity index (χ2v) is 6.23. The van der Waals surface area contributed by atoms with Crippen molar-refractivity contribution in [2.45, 2.75) is 25.0 Å². The highest BCUT2D eigenvalue weighted by Gasteiger charge is 2.35. The molecule has 4 rings (SSSR count). The maximum Gasteiger partial charge on any atom is 0.147 e. The lowest BCUT2D eigenvalue weighted by atomic mass is 10.1. The second kappa shape index (κ2) is 4.75. The molecule has 2 unspecified atom stereocenters. The van der Waals surface area contributed by atoms with Gasteiger partial charge < -0.3 is 15.4 Å². The minimum Gasteiger partial charge on any atom is -0.382 e. The molecule has 0 amide bonds. The molecule has 3 heterocycles. The zero-order valence-electron chi connectivity index (χ0n) is 11.2. The first-order chi connectivity index (χ1) is 9.81. The van der Waals surface area contributed by atoms with Crippen LogP contribution in [-0.4, -0.2) is 29.7 Å². The summed E-state index contributed by atoms with van der Waals surface area (Å²) in [7, 11) is 0. The quantitative estimate of drug-likeness (QED) is 0.922. The Morgan fingerprint density at radius 2 is 1.85 bits per heavy atom. The van der Waals surface area contributed by atoms with Gasteiger partial charge in [0, 0.05) is 13.1 Å². The van der Waals surface area contributed by atoms with Crippen LogP contribution in [0.3, 0.4) is 0 Å². The maximum absolute atomic E-state index is 6.11. The van der Waals surface area contributed by atoms with Gasteiger partial charge in [-0.3, -0.25) is 0 Å². The molecule has 1 aromatic heterocycles. The van der Waals surface area contributed by atoms with Crippen LogP contribution in [0, 0.1) is 0 Å². The van der Waals surface area contributed by atoms with Crippen LogP contribution in [0.25, 0.3) is 11.1 Å². The van der Waals surface area contributed by atoms with E-state index in [1.807, 2.05) is 18.2 Å². The first-order valence-corrected chi connectivity index (χ1v) is 7.79. The van der Waals surface area contributed by atoms with E-state index in [-0.39, 0.29) is 0 Å². The van der Waals surface area contributed by atoms with Crippen molar-refractivity contribution in [1.82, 2.24) is 4.37 Å². The molecular formula is C15H17N3OS. The average Bonchev–Trinajstić information content (AvgIpc) is 3.02. The summed E-state index contributed by atoms with van der Waals surface area (Å²) in [5.41, 5.74) is 8.33. The van der Waals surface area contributed by atoms with Gasteiger partial charge >= 0.3 is 0 Å². The average molecular weight is 287 g/mol. The third-order valence-electron chi connectivity index (χ3n) is 4.09. The molecule has 0 radical (unpaired) electrons. The molecule has 104 valence electrons. The summed E-state index contributed by atoms with van der Waals surface area (Å²) in [4.78, 5) is 2.40. The second-order valence-electron chi connectivity index (χ2n) is 5.48. The number of fused-ring (bicyclic) bond motifs is 2. The zero-order valence-corrected chi connectivity index (χ0v) is 12.0. The van der Waals surface area contributed by atoms with Crippen LogP contribution in [0.15, 0.2) is 30.3 Å². The number of nitrogen functional groups attached to an aromatic ring is 1. The summed E-state index contributed by atoms with van der Waals surface area (Å²) in [5, 5.41) is 1.19. The van der Waals surface area contributed by atoms with Gasteiger partial charge in [-0.05, 0) is 29.9 Å².